The Kier molecular flexibility index (Phi) is 5.03. The van der Waals surface area contributed by atoms with E-state index in [2.05, 4.69) is 10.6 Å². The highest BCUT2D eigenvalue weighted by Crippen LogP contribution is 2.17. The summed E-state index contributed by atoms with van der Waals surface area (Å²) in [5.41, 5.74) is 2.09. The lowest BCUT2D eigenvalue weighted by atomic mass is 10.0. The normalized spacial score (nSPS) is 19.0. The Morgan fingerprint density at radius 2 is 1.91 bits per heavy atom. The van der Waals surface area contributed by atoms with Crippen LogP contribution in [0.15, 0.2) is 24.3 Å². The van der Waals surface area contributed by atoms with Crippen LogP contribution in [0.4, 0.5) is 4.79 Å². The second-order valence-corrected chi connectivity index (χ2v) is 6.24. The molecule has 2 atom stereocenters. The van der Waals surface area contributed by atoms with Crippen LogP contribution in [-0.4, -0.2) is 35.3 Å². The second-order valence-electron chi connectivity index (χ2n) is 6.24. The van der Waals surface area contributed by atoms with Crippen LogP contribution in [0.2, 0.25) is 0 Å². The van der Waals surface area contributed by atoms with Crippen molar-refractivity contribution < 1.29 is 14.4 Å². The van der Waals surface area contributed by atoms with Gasteiger partial charge in [0.15, 0.2) is 0 Å². The van der Waals surface area contributed by atoms with E-state index in [9.17, 15) is 14.4 Å². The van der Waals surface area contributed by atoms with Gasteiger partial charge in [0.05, 0.1) is 6.04 Å². The number of hydrogen-bond donors (Lipinski definition) is 2. The van der Waals surface area contributed by atoms with Crippen molar-refractivity contribution in [3.63, 3.8) is 0 Å². The standard InChI is InChI=1S/C17H23N3O3/c1-10(2)15-16(22)20(17(23)19-15)9-14(21)18-12(4)13-8-6-5-7-11(13)3/h5-8,10,12,15H,9H2,1-4H3,(H,18,21)(H,19,23). The first-order valence-electron chi connectivity index (χ1n) is 7.78. The lowest BCUT2D eigenvalue weighted by Gasteiger charge is -2.19. The average Bonchev–Trinajstić information content (AvgIpc) is 2.75. The van der Waals surface area contributed by atoms with Crippen molar-refractivity contribution in [1.29, 1.82) is 0 Å². The Bertz CT molecular complexity index is 627. The van der Waals surface area contributed by atoms with Gasteiger partial charge in [0.2, 0.25) is 5.91 Å². The third-order valence-corrected chi connectivity index (χ3v) is 4.06. The summed E-state index contributed by atoms with van der Waals surface area (Å²) in [4.78, 5) is 37.2. The highest BCUT2D eigenvalue weighted by molar-refractivity contribution is 6.06. The van der Waals surface area contributed by atoms with E-state index in [1.54, 1.807) is 0 Å². The van der Waals surface area contributed by atoms with Crippen LogP contribution in [0.25, 0.3) is 0 Å². The molecule has 23 heavy (non-hydrogen) atoms. The molecule has 2 unspecified atom stereocenters. The van der Waals surface area contributed by atoms with Crippen molar-refractivity contribution in [3.05, 3.63) is 35.4 Å². The summed E-state index contributed by atoms with van der Waals surface area (Å²) in [5.74, 6) is -0.706. The highest BCUT2D eigenvalue weighted by atomic mass is 16.2. The number of amides is 4. The molecule has 1 saturated heterocycles. The van der Waals surface area contributed by atoms with Gasteiger partial charge in [0.25, 0.3) is 5.91 Å². The maximum absolute atomic E-state index is 12.2. The summed E-state index contributed by atoms with van der Waals surface area (Å²) in [6, 6.07) is 6.52. The van der Waals surface area contributed by atoms with Crippen LogP contribution in [-0.2, 0) is 9.59 Å². The molecule has 0 bridgehead atoms. The van der Waals surface area contributed by atoms with Gasteiger partial charge in [-0.25, -0.2) is 4.79 Å². The Morgan fingerprint density at radius 1 is 1.26 bits per heavy atom. The maximum Gasteiger partial charge on any atom is 0.325 e. The molecular weight excluding hydrogens is 294 g/mol. The van der Waals surface area contributed by atoms with Crippen molar-refractivity contribution in [2.24, 2.45) is 5.92 Å². The summed E-state index contributed by atoms with van der Waals surface area (Å²) >= 11 is 0. The molecule has 1 aliphatic heterocycles. The minimum Gasteiger partial charge on any atom is -0.348 e. The molecule has 4 amide bonds. The summed E-state index contributed by atoms with van der Waals surface area (Å²) in [6.45, 7) is 7.30. The third kappa shape index (κ3) is 3.70. The van der Waals surface area contributed by atoms with Crippen LogP contribution in [0.1, 0.15) is 37.9 Å². The van der Waals surface area contributed by atoms with Crippen molar-refractivity contribution in [3.8, 4) is 0 Å². The van der Waals surface area contributed by atoms with E-state index in [4.69, 9.17) is 0 Å². The molecule has 1 fully saturated rings. The first kappa shape index (κ1) is 17.0. The number of imide groups is 1. The molecule has 0 aliphatic carbocycles. The molecular formula is C17H23N3O3. The van der Waals surface area contributed by atoms with Gasteiger partial charge in [-0.1, -0.05) is 38.1 Å². The monoisotopic (exact) mass is 317 g/mol. The zero-order valence-electron chi connectivity index (χ0n) is 13.9. The van der Waals surface area contributed by atoms with Gasteiger partial charge < -0.3 is 10.6 Å². The molecule has 2 rings (SSSR count). The first-order valence-corrected chi connectivity index (χ1v) is 7.78. The molecule has 6 nitrogen and oxygen atoms in total. The summed E-state index contributed by atoms with van der Waals surface area (Å²) in [5, 5.41) is 5.45. The number of aryl methyl sites for hydroxylation is 1. The third-order valence-electron chi connectivity index (χ3n) is 4.06. The van der Waals surface area contributed by atoms with Crippen molar-refractivity contribution in [1.82, 2.24) is 15.5 Å². The lowest BCUT2D eigenvalue weighted by molar-refractivity contribution is -0.133. The number of nitrogens with one attached hydrogen (secondary N) is 2. The van der Waals surface area contributed by atoms with Crippen LogP contribution in [0.5, 0.6) is 0 Å². The van der Waals surface area contributed by atoms with Gasteiger partial charge in [-0.15, -0.1) is 0 Å². The van der Waals surface area contributed by atoms with Crippen LogP contribution in [0.3, 0.4) is 0 Å². The largest absolute Gasteiger partial charge is 0.348 e. The van der Waals surface area contributed by atoms with Crippen LogP contribution >= 0.6 is 0 Å². The SMILES string of the molecule is Cc1ccccc1C(C)NC(=O)CN1C(=O)NC(C(C)C)C1=O. The zero-order valence-corrected chi connectivity index (χ0v) is 13.9. The lowest BCUT2D eigenvalue weighted by Crippen LogP contribution is -2.42. The topological polar surface area (TPSA) is 78.5 Å². The van der Waals surface area contributed by atoms with Gasteiger partial charge in [0.1, 0.15) is 12.6 Å². The van der Waals surface area contributed by atoms with Crippen LogP contribution in [0, 0.1) is 12.8 Å². The summed E-state index contributed by atoms with van der Waals surface area (Å²) < 4.78 is 0. The van der Waals surface area contributed by atoms with E-state index in [0.717, 1.165) is 16.0 Å². The molecule has 0 radical (unpaired) electrons. The predicted molar refractivity (Wildman–Crippen MR) is 86.6 cm³/mol. The number of hydrogen-bond acceptors (Lipinski definition) is 3. The smallest absolute Gasteiger partial charge is 0.325 e. The zero-order chi connectivity index (χ0) is 17.1. The Balaban J connectivity index is 1.99. The van der Waals surface area contributed by atoms with E-state index in [-0.39, 0.29) is 30.3 Å². The fraction of sp³-hybridized carbons (Fsp3) is 0.471. The van der Waals surface area contributed by atoms with E-state index in [0.29, 0.717) is 0 Å². The Labute approximate surface area is 136 Å². The average molecular weight is 317 g/mol. The van der Waals surface area contributed by atoms with Crippen molar-refractivity contribution in [2.45, 2.75) is 39.8 Å². The molecule has 0 spiro atoms. The molecule has 0 aromatic heterocycles. The predicted octanol–water partition coefficient (Wildman–Crippen LogP) is 1.75. The molecule has 0 saturated carbocycles. The minimum absolute atomic E-state index is 0.00889. The molecule has 1 heterocycles. The van der Waals surface area contributed by atoms with E-state index >= 15 is 0 Å². The fourth-order valence-corrected chi connectivity index (χ4v) is 2.72. The van der Waals surface area contributed by atoms with Crippen molar-refractivity contribution in [2.75, 3.05) is 6.54 Å². The minimum atomic E-state index is -0.552. The molecule has 6 heteroatoms. The number of nitrogens with zero attached hydrogens (tertiary/aromatic N) is 1. The van der Waals surface area contributed by atoms with Gasteiger partial charge in [-0.05, 0) is 30.9 Å². The molecule has 124 valence electrons. The summed E-state index contributed by atoms with van der Waals surface area (Å²) in [6.07, 6.45) is 0. The van der Waals surface area contributed by atoms with E-state index in [1.165, 1.54) is 0 Å². The van der Waals surface area contributed by atoms with Crippen LogP contribution < -0.4 is 10.6 Å². The number of carbonyl (C=O) groups is 3. The second kappa shape index (κ2) is 6.81. The number of benzene rings is 1. The Morgan fingerprint density at radius 3 is 2.48 bits per heavy atom. The highest BCUT2D eigenvalue weighted by Gasteiger charge is 2.40. The first-order chi connectivity index (χ1) is 10.8. The molecule has 1 aliphatic rings. The van der Waals surface area contributed by atoms with Gasteiger partial charge in [0, 0.05) is 0 Å². The van der Waals surface area contributed by atoms with E-state index < -0.39 is 12.1 Å². The fourth-order valence-electron chi connectivity index (χ4n) is 2.72. The van der Waals surface area contributed by atoms with Gasteiger partial charge in [-0.3, -0.25) is 14.5 Å². The number of urea groups is 1. The molecule has 1 aromatic rings. The van der Waals surface area contributed by atoms with Crippen molar-refractivity contribution >= 4 is 17.8 Å². The number of carbonyl (C=O) groups excluding carboxylic acids is 3. The molecule has 1 aromatic carbocycles. The molecule has 2 N–H and O–H groups in total. The van der Waals surface area contributed by atoms with E-state index in [1.807, 2.05) is 52.0 Å². The number of rotatable bonds is 5. The quantitative estimate of drug-likeness (QED) is 0.812. The Hall–Kier alpha value is -2.37. The van der Waals surface area contributed by atoms with Gasteiger partial charge >= 0.3 is 6.03 Å². The summed E-state index contributed by atoms with van der Waals surface area (Å²) in [7, 11) is 0. The van der Waals surface area contributed by atoms with Gasteiger partial charge in [-0.2, -0.15) is 0 Å². The maximum atomic E-state index is 12.2.